The first-order valence-electron chi connectivity index (χ1n) is 5.45. The topological polar surface area (TPSA) is 15.3 Å². The van der Waals surface area contributed by atoms with Crippen molar-refractivity contribution >= 4 is 24.0 Å². The minimum absolute atomic E-state index is 0. The summed E-state index contributed by atoms with van der Waals surface area (Å²) >= 11 is 5.97. The summed E-state index contributed by atoms with van der Waals surface area (Å²) in [6, 6.07) is 8.74. The van der Waals surface area contributed by atoms with Gasteiger partial charge in [0.1, 0.15) is 0 Å². The van der Waals surface area contributed by atoms with Gasteiger partial charge in [0.25, 0.3) is 0 Å². The zero-order valence-corrected chi connectivity index (χ0v) is 11.0. The minimum Gasteiger partial charge on any atom is -0.314 e. The quantitative estimate of drug-likeness (QED) is 0.880. The molecular weight excluding hydrogens is 243 g/mol. The molecule has 1 fully saturated rings. The Labute approximate surface area is 108 Å². The lowest BCUT2D eigenvalue weighted by Gasteiger charge is -2.33. The van der Waals surface area contributed by atoms with Crippen molar-refractivity contribution in [2.24, 2.45) is 0 Å². The van der Waals surface area contributed by atoms with Crippen LogP contribution in [0.15, 0.2) is 24.3 Å². The van der Waals surface area contributed by atoms with Crippen LogP contribution in [0.1, 0.15) is 12.5 Å². The van der Waals surface area contributed by atoms with E-state index in [1.807, 2.05) is 12.1 Å². The molecule has 1 heterocycles. The fourth-order valence-electron chi connectivity index (χ4n) is 1.99. The van der Waals surface area contributed by atoms with Gasteiger partial charge in [-0.1, -0.05) is 23.7 Å². The summed E-state index contributed by atoms with van der Waals surface area (Å²) in [6.45, 7) is 6.55. The van der Waals surface area contributed by atoms with Gasteiger partial charge in [0.05, 0.1) is 0 Å². The molecule has 4 heteroatoms. The Kier molecular flexibility index (Phi) is 5.56. The maximum Gasteiger partial charge on any atom is 0.0409 e. The lowest BCUT2D eigenvalue weighted by molar-refractivity contribution is 0.165. The highest BCUT2D eigenvalue weighted by molar-refractivity contribution is 6.30. The van der Waals surface area contributed by atoms with Crippen molar-refractivity contribution in [3.05, 3.63) is 34.9 Å². The Hall–Kier alpha value is -0.280. The first kappa shape index (κ1) is 13.8. The molecule has 0 aliphatic carbocycles. The molecule has 1 aromatic carbocycles. The van der Waals surface area contributed by atoms with E-state index < -0.39 is 0 Å². The third-order valence-corrected chi connectivity index (χ3v) is 3.15. The van der Waals surface area contributed by atoms with Crippen molar-refractivity contribution in [2.45, 2.75) is 19.5 Å². The summed E-state index contributed by atoms with van der Waals surface area (Å²) in [7, 11) is 0. The standard InChI is InChI=1S/C12H17ClN2.ClH/c1-10-8-14-5-6-15(10)9-11-3-2-4-12(13)7-11;/h2-4,7,10,14H,5-6,8-9H2,1H3;1H/t10-;/m0./s1. The maximum absolute atomic E-state index is 5.97. The summed E-state index contributed by atoms with van der Waals surface area (Å²) in [5.41, 5.74) is 1.30. The SMILES string of the molecule is C[C@H]1CNCCN1Cc1cccc(Cl)c1.Cl. The molecule has 1 N–H and O–H groups in total. The molecule has 0 spiro atoms. The molecule has 2 rings (SSSR count). The molecule has 16 heavy (non-hydrogen) atoms. The second-order valence-electron chi connectivity index (χ2n) is 4.15. The van der Waals surface area contributed by atoms with E-state index in [0.717, 1.165) is 31.2 Å². The molecule has 1 aliphatic heterocycles. The zero-order chi connectivity index (χ0) is 10.7. The summed E-state index contributed by atoms with van der Waals surface area (Å²) < 4.78 is 0. The van der Waals surface area contributed by atoms with Gasteiger partial charge < -0.3 is 5.32 Å². The van der Waals surface area contributed by atoms with Crippen LogP contribution in [0.25, 0.3) is 0 Å². The average molecular weight is 261 g/mol. The Morgan fingerprint density at radius 2 is 2.31 bits per heavy atom. The predicted octanol–water partition coefficient (Wildman–Crippen LogP) is 2.56. The largest absolute Gasteiger partial charge is 0.314 e. The van der Waals surface area contributed by atoms with Crippen LogP contribution in [0.4, 0.5) is 0 Å². The van der Waals surface area contributed by atoms with E-state index in [4.69, 9.17) is 11.6 Å². The molecule has 0 saturated carbocycles. The van der Waals surface area contributed by atoms with Crippen LogP contribution < -0.4 is 5.32 Å². The summed E-state index contributed by atoms with van der Waals surface area (Å²) in [5, 5.41) is 4.22. The van der Waals surface area contributed by atoms with Crippen LogP contribution >= 0.6 is 24.0 Å². The number of rotatable bonds is 2. The van der Waals surface area contributed by atoms with Crippen molar-refractivity contribution in [1.82, 2.24) is 10.2 Å². The second kappa shape index (κ2) is 6.45. The molecule has 1 aromatic rings. The van der Waals surface area contributed by atoms with Gasteiger partial charge in [-0.2, -0.15) is 0 Å². The Morgan fingerprint density at radius 1 is 1.50 bits per heavy atom. The van der Waals surface area contributed by atoms with E-state index in [0.29, 0.717) is 6.04 Å². The highest BCUT2D eigenvalue weighted by Gasteiger charge is 2.17. The van der Waals surface area contributed by atoms with Crippen molar-refractivity contribution < 1.29 is 0 Å². The molecule has 0 unspecified atom stereocenters. The van der Waals surface area contributed by atoms with Gasteiger partial charge in [0.15, 0.2) is 0 Å². The van der Waals surface area contributed by atoms with E-state index in [2.05, 4.69) is 29.3 Å². The lowest BCUT2D eigenvalue weighted by Crippen LogP contribution is -2.49. The first-order chi connectivity index (χ1) is 7.25. The van der Waals surface area contributed by atoms with Gasteiger partial charge in [0.2, 0.25) is 0 Å². The van der Waals surface area contributed by atoms with E-state index in [1.54, 1.807) is 0 Å². The normalized spacial score (nSPS) is 21.5. The van der Waals surface area contributed by atoms with Gasteiger partial charge in [-0.3, -0.25) is 4.90 Å². The van der Waals surface area contributed by atoms with E-state index in [-0.39, 0.29) is 12.4 Å². The van der Waals surface area contributed by atoms with Crippen molar-refractivity contribution in [2.75, 3.05) is 19.6 Å². The van der Waals surface area contributed by atoms with Crippen LogP contribution in [0.5, 0.6) is 0 Å². The molecule has 1 atom stereocenters. The van der Waals surface area contributed by atoms with E-state index in [1.165, 1.54) is 5.56 Å². The Balaban J connectivity index is 0.00000128. The van der Waals surface area contributed by atoms with Gasteiger partial charge in [-0.15, -0.1) is 12.4 Å². The van der Waals surface area contributed by atoms with Crippen molar-refractivity contribution in [3.8, 4) is 0 Å². The Bertz CT molecular complexity index is 331. The number of hydrogen-bond acceptors (Lipinski definition) is 2. The highest BCUT2D eigenvalue weighted by atomic mass is 35.5. The predicted molar refractivity (Wildman–Crippen MR) is 71.4 cm³/mol. The zero-order valence-electron chi connectivity index (χ0n) is 9.45. The number of halogens is 2. The number of benzene rings is 1. The highest BCUT2D eigenvalue weighted by Crippen LogP contribution is 2.14. The van der Waals surface area contributed by atoms with Gasteiger partial charge in [0, 0.05) is 37.2 Å². The molecular formula is C12H18Cl2N2. The second-order valence-corrected chi connectivity index (χ2v) is 4.59. The third-order valence-electron chi connectivity index (χ3n) is 2.91. The lowest BCUT2D eigenvalue weighted by atomic mass is 10.1. The molecule has 0 aromatic heterocycles. The van der Waals surface area contributed by atoms with Crippen LogP contribution in [0.3, 0.4) is 0 Å². The van der Waals surface area contributed by atoms with E-state index >= 15 is 0 Å². The number of hydrogen-bond donors (Lipinski definition) is 1. The number of nitrogens with one attached hydrogen (secondary N) is 1. The van der Waals surface area contributed by atoms with Crippen LogP contribution in [-0.4, -0.2) is 30.6 Å². The smallest absolute Gasteiger partial charge is 0.0409 e. The fraction of sp³-hybridized carbons (Fsp3) is 0.500. The van der Waals surface area contributed by atoms with Crippen molar-refractivity contribution in [1.29, 1.82) is 0 Å². The summed E-state index contributed by atoms with van der Waals surface area (Å²) in [4.78, 5) is 2.49. The van der Waals surface area contributed by atoms with Crippen LogP contribution in [0.2, 0.25) is 5.02 Å². The minimum atomic E-state index is 0. The number of nitrogens with zero attached hydrogens (tertiary/aromatic N) is 1. The molecule has 2 nitrogen and oxygen atoms in total. The van der Waals surface area contributed by atoms with Crippen molar-refractivity contribution in [3.63, 3.8) is 0 Å². The first-order valence-corrected chi connectivity index (χ1v) is 5.83. The van der Waals surface area contributed by atoms with Crippen LogP contribution in [0, 0.1) is 0 Å². The van der Waals surface area contributed by atoms with Gasteiger partial charge >= 0.3 is 0 Å². The number of piperazine rings is 1. The molecule has 90 valence electrons. The average Bonchev–Trinajstić information content (AvgIpc) is 2.22. The summed E-state index contributed by atoms with van der Waals surface area (Å²) in [5.74, 6) is 0. The van der Waals surface area contributed by atoms with Gasteiger partial charge in [-0.25, -0.2) is 0 Å². The van der Waals surface area contributed by atoms with Crippen LogP contribution in [-0.2, 0) is 6.54 Å². The monoisotopic (exact) mass is 260 g/mol. The third kappa shape index (κ3) is 3.63. The molecule has 1 aliphatic rings. The Morgan fingerprint density at radius 3 is 3.00 bits per heavy atom. The molecule has 1 saturated heterocycles. The van der Waals surface area contributed by atoms with E-state index in [9.17, 15) is 0 Å². The molecule has 0 radical (unpaired) electrons. The maximum atomic E-state index is 5.97. The van der Waals surface area contributed by atoms with Gasteiger partial charge in [-0.05, 0) is 24.6 Å². The summed E-state index contributed by atoms with van der Waals surface area (Å²) in [6.07, 6.45) is 0. The molecule has 0 bridgehead atoms. The molecule has 0 amide bonds. The fourth-order valence-corrected chi connectivity index (χ4v) is 2.20.